The van der Waals surface area contributed by atoms with Crippen molar-refractivity contribution in [3.05, 3.63) is 10.4 Å². The minimum Gasteiger partial charge on any atom is -0.431 e. The first kappa shape index (κ1) is 28.5. The molecule has 0 aliphatic carbocycles. The van der Waals surface area contributed by atoms with Gasteiger partial charge in [-0.3, -0.25) is 0 Å². The lowest BCUT2D eigenvalue weighted by atomic mass is 9.96. The summed E-state index contributed by atoms with van der Waals surface area (Å²) >= 11 is 0. The molecule has 0 aromatic rings. The van der Waals surface area contributed by atoms with Crippen LogP contribution in [0.3, 0.4) is 0 Å². The third-order valence-electron chi connectivity index (χ3n) is 4.85. The third kappa shape index (κ3) is 12.9. The molecule has 0 fully saturated rings. The molecule has 0 aromatic heterocycles. The van der Waals surface area contributed by atoms with Gasteiger partial charge < -0.3 is 18.9 Å². The van der Waals surface area contributed by atoms with Crippen molar-refractivity contribution in [1.82, 2.24) is 0 Å². The topological polar surface area (TPSA) is 103 Å². The van der Waals surface area contributed by atoms with E-state index in [1.54, 1.807) is 20.8 Å². The van der Waals surface area contributed by atoms with Crippen molar-refractivity contribution in [1.29, 1.82) is 0 Å². The summed E-state index contributed by atoms with van der Waals surface area (Å²) in [7, 11) is 0. The molecule has 3 atom stereocenters. The van der Waals surface area contributed by atoms with Crippen molar-refractivity contribution in [3.63, 3.8) is 0 Å². The maximum absolute atomic E-state index is 12.2. The second-order valence-electron chi connectivity index (χ2n) is 9.85. The van der Waals surface area contributed by atoms with Crippen LogP contribution in [0.25, 0.3) is 10.4 Å². The molecule has 8 nitrogen and oxygen atoms in total. The van der Waals surface area contributed by atoms with Gasteiger partial charge in [-0.2, -0.15) is 0 Å². The highest BCUT2D eigenvalue weighted by atomic mass is 16.7. The molecular formula is C22H43N3O5. The normalized spacial score (nSPS) is 16.4. The Morgan fingerprint density at radius 1 is 1.03 bits per heavy atom. The van der Waals surface area contributed by atoms with Crippen LogP contribution in [0.4, 0.5) is 4.79 Å². The van der Waals surface area contributed by atoms with Crippen LogP contribution in [0.5, 0.6) is 0 Å². The number of carbonyl (C=O) groups is 1. The Balaban J connectivity index is 4.66. The largest absolute Gasteiger partial charge is 0.509 e. The average Bonchev–Trinajstić information content (AvgIpc) is 2.51. The maximum Gasteiger partial charge on any atom is 0.509 e. The predicted molar refractivity (Wildman–Crippen MR) is 119 cm³/mol. The van der Waals surface area contributed by atoms with Gasteiger partial charge in [0.25, 0.3) is 0 Å². The monoisotopic (exact) mass is 429 g/mol. The zero-order chi connectivity index (χ0) is 23.6. The van der Waals surface area contributed by atoms with Gasteiger partial charge in [-0.05, 0) is 73.3 Å². The lowest BCUT2D eigenvalue weighted by Gasteiger charge is -2.35. The molecule has 0 bridgehead atoms. The van der Waals surface area contributed by atoms with Crippen LogP contribution in [0.15, 0.2) is 5.11 Å². The number of azide groups is 1. The Bertz CT molecular complexity index is 573. The zero-order valence-electron chi connectivity index (χ0n) is 20.7. The van der Waals surface area contributed by atoms with E-state index in [0.717, 1.165) is 12.8 Å². The lowest BCUT2D eigenvalue weighted by Crippen LogP contribution is -2.39. The van der Waals surface area contributed by atoms with Crippen LogP contribution >= 0.6 is 0 Å². The fourth-order valence-electron chi connectivity index (χ4n) is 3.41. The van der Waals surface area contributed by atoms with E-state index < -0.39 is 23.4 Å². The van der Waals surface area contributed by atoms with Gasteiger partial charge >= 0.3 is 6.16 Å². The molecule has 0 rings (SSSR count). The van der Waals surface area contributed by atoms with Crippen molar-refractivity contribution < 1.29 is 23.7 Å². The molecule has 3 unspecified atom stereocenters. The summed E-state index contributed by atoms with van der Waals surface area (Å²) in [6, 6.07) is 0. The van der Waals surface area contributed by atoms with E-state index in [4.69, 9.17) is 24.5 Å². The molecule has 0 heterocycles. The predicted octanol–water partition coefficient (Wildman–Crippen LogP) is 6.56. The van der Waals surface area contributed by atoms with E-state index >= 15 is 0 Å². The van der Waals surface area contributed by atoms with E-state index in [1.807, 2.05) is 34.6 Å². The Morgan fingerprint density at radius 2 is 1.63 bits per heavy atom. The molecule has 0 amide bonds. The molecular weight excluding hydrogens is 386 g/mol. The summed E-state index contributed by atoms with van der Waals surface area (Å²) < 4.78 is 22.9. The van der Waals surface area contributed by atoms with Crippen LogP contribution in [0.2, 0.25) is 0 Å². The minimum atomic E-state index is -0.750. The summed E-state index contributed by atoms with van der Waals surface area (Å²) in [6.45, 7) is 19.9. The summed E-state index contributed by atoms with van der Waals surface area (Å²) in [4.78, 5) is 15.1. The average molecular weight is 430 g/mol. The molecule has 0 aliphatic rings. The van der Waals surface area contributed by atoms with Crippen molar-refractivity contribution in [3.8, 4) is 0 Å². The second-order valence-corrected chi connectivity index (χ2v) is 9.85. The van der Waals surface area contributed by atoms with Crippen molar-refractivity contribution in [2.75, 3.05) is 6.61 Å². The highest BCUT2D eigenvalue weighted by Gasteiger charge is 2.32. The molecule has 30 heavy (non-hydrogen) atoms. The molecule has 176 valence electrons. The molecule has 0 saturated heterocycles. The number of carbonyl (C=O) groups excluding carboxylic acids is 1. The number of rotatable bonds is 14. The highest BCUT2D eigenvalue weighted by Crippen LogP contribution is 2.27. The molecule has 0 aromatic carbocycles. The molecule has 0 radical (unpaired) electrons. The SMILES string of the molecule is CCC(C)(CCOC(C)C)OC(C)CC(C)(C)OC(=O)OC(C)CC(C)(C)N=[N+]=[N-]. The first-order chi connectivity index (χ1) is 13.6. The molecule has 0 spiro atoms. The van der Waals surface area contributed by atoms with Crippen LogP contribution in [-0.2, 0) is 18.9 Å². The molecule has 0 aliphatic heterocycles. The van der Waals surface area contributed by atoms with E-state index in [2.05, 4.69) is 23.9 Å². The van der Waals surface area contributed by atoms with E-state index in [1.165, 1.54) is 0 Å². The minimum absolute atomic E-state index is 0.113. The van der Waals surface area contributed by atoms with Gasteiger partial charge in [0, 0.05) is 23.5 Å². The lowest BCUT2D eigenvalue weighted by molar-refractivity contribution is -0.121. The van der Waals surface area contributed by atoms with Gasteiger partial charge in [-0.25, -0.2) is 4.79 Å². The number of hydrogen-bond donors (Lipinski definition) is 0. The fraction of sp³-hybridized carbons (Fsp3) is 0.955. The number of ether oxygens (including phenoxy) is 4. The van der Waals surface area contributed by atoms with Gasteiger partial charge in [0.1, 0.15) is 11.7 Å². The van der Waals surface area contributed by atoms with Gasteiger partial charge in [-0.15, -0.1) is 0 Å². The first-order valence-electron chi connectivity index (χ1n) is 10.9. The number of hydrogen-bond acceptors (Lipinski definition) is 6. The Kier molecular flexibility index (Phi) is 11.8. The molecule has 0 saturated carbocycles. The second kappa shape index (κ2) is 12.4. The Morgan fingerprint density at radius 3 is 2.13 bits per heavy atom. The van der Waals surface area contributed by atoms with Crippen LogP contribution in [-0.4, -0.2) is 47.8 Å². The Labute approximate surface area is 182 Å². The quantitative estimate of drug-likeness (QED) is 0.134. The fourth-order valence-corrected chi connectivity index (χ4v) is 3.41. The third-order valence-corrected chi connectivity index (χ3v) is 4.85. The molecule has 0 N–H and O–H groups in total. The summed E-state index contributed by atoms with van der Waals surface area (Å²) in [6.07, 6.45) is 1.50. The van der Waals surface area contributed by atoms with Crippen molar-refractivity contribution >= 4 is 6.16 Å². The van der Waals surface area contributed by atoms with Crippen LogP contribution in [0, 0.1) is 0 Å². The summed E-state index contributed by atoms with van der Waals surface area (Å²) in [5.74, 6) is 0. The number of nitrogens with zero attached hydrogens (tertiary/aromatic N) is 3. The Hall–Kier alpha value is -1.50. The van der Waals surface area contributed by atoms with E-state index in [9.17, 15) is 4.79 Å². The van der Waals surface area contributed by atoms with Gasteiger partial charge in [-0.1, -0.05) is 25.9 Å². The zero-order valence-corrected chi connectivity index (χ0v) is 20.7. The first-order valence-corrected chi connectivity index (χ1v) is 10.9. The smallest absolute Gasteiger partial charge is 0.431 e. The van der Waals surface area contributed by atoms with Crippen molar-refractivity contribution in [2.45, 2.75) is 130 Å². The van der Waals surface area contributed by atoms with Gasteiger partial charge in [0.05, 0.1) is 17.8 Å². The highest BCUT2D eigenvalue weighted by molar-refractivity contribution is 5.60. The van der Waals surface area contributed by atoms with E-state index in [0.29, 0.717) is 19.4 Å². The van der Waals surface area contributed by atoms with Gasteiger partial charge in [0.15, 0.2) is 0 Å². The van der Waals surface area contributed by atoms with E-state index in [-0.39, 0.29) is 17.8 Å². The summed E-state index contributed by atoms with van der Waals surface area (Å²) in [5.41, 5.74) is 6.92. The maximum atomic E-state index is 12.2. The molecule has 8 heteroatoms. The van der Waals surface area contributed by atoms with Crippen molar-refractivity contribution in [2.24, 2.45) is 5.11 Å². The standard InChI is InChI=1S/C22H43N3O5/c1-11-22(10,12-13-27-16(2)3)29-18(5)15-21(8,9)30-19(26)28-17(4)14-20(6,7)24-25-23/h16-18H,11-15H2,1-10H3. The van der Waals surface area contributed by atoms with Crippen LogP contribution in [0.1, 0.15) is 94.9 Å². The van der Waals surface area contributed by atoms with Gasteiger partial charge in [0.2, 0.25) is 0 Å². The van der Waals surface area contributed by atoms with Crippen LogP contribution < -0.4 is 0 Å². The summed E-state index contributed by atoms with van der Waals surface area (Å²) in [5, 5.41) is 3.71.